The summed E-state index contributed by atoms with van der Waals surface area (Å²) < 4.78 is 66.0. The molecule has 2 heterocycles. The van der Waals surface area contributed by atoms with Gasteiger partial charge in [-0.15, -0.1) is 20.4 Å². The summed E-state index contributed by atoms with van der Waals surface area (Å²) in [5.74, 6) is -8.21. The molecule has 2 aromatic heterocycles. The molecule has 0 aliphatic carbocycles. The maximum atomic E-state index is 14.1. The smallest absolute Gasteiger partial charge is 0.253 e. The molecule has 0 N–H and O–H groups in total. The van der Waals surface area contributed by atoms with Gasteiger partial charge in [-0.25, -0.2) is 17.6 Å². The van der Waals surface area contributed by atoms with Crippen molar-refractivity contribution in [1.82, 2.24) is 20.4 Å². The topological polar surface area (TPSA) is 77.8 Å². The Bertz CT molecular complexity index is 774. The van der Waals surface area contributed by atoms with Gasteiger partial charge in [0.1, 0.15) is 11.1 Å². The fourth-order valence-corrected chi connectivity index (χ4v) is 1.80. The van der Waals surface area contributed by atoms with Gasteiger partial charge in [0.25, 0.3) is 11.8 Å². The lowest BCUT2D eigenvalue weighted by atomic mass is 10.1. The fraction of sp³-hybridized carbons (Fsp3) is 0.167. The predicted octanol–water partition coefficient (Wildman–Crippen LogP) is 2.96. The van der Waals surface area contributed by atoms with Crippen LogP contribution in [0.3, 0.4) is 0 Å². The molecule has 0 saturated carbocycles. The van der Waals surface area contributed by atoms with Crippen LogP contribution in [0.1, 0.15) is 11.8 Å². The summed E-state index contributed by atoms with van der Waals surface area (Å²) in [5.41, 5.74) is -2.20. The first-order chi connectivity index (χ1) is 10.4. The molecule has 10 heteroatoms. The standard InChI is InChI=1S/C12H6F4N4O2/c1-3-17-19-11(21-3)5-7(13)9(15)6(10(16)8(5)14)12-20-18-4(2)22-12/h1-2H3. The van der Waals surface area contributed by atoms with Crippen LogP contribution in [0.2, 0.25) is 0 Å². The van der Waals surface area contributed by atoms with Crippen LogP contribution < -0.4 is 0 Å². The SMILES string of the molecule is Cc1nnc(-c2c(F)c(F)c(-c3nnc(C)o3)c(F)c2F)o1. The van der Waals surface area contributed by atoms with Gasteiger partial charge >= 0.3 is 0 Å². The molecule has 0 aliphatic heterocycles. The molecule has 0 saturated heterocycles. The minimum Gasteiger partial charge on any atom is -0.421 e. The van der Waals surface area contributed by atoms with Crippen molar-refractivity contribution < 1.29 is 26.4 Å². The van der Waals surface area contributed by atoms with Crippen molar-refractivity contribution in [3.63, 3.8) is 0 Å². The van der Waals surface area contributed by atoms with E-state index in [1.807, 2.05) is 0 Å². The van der Waals surface area contributed by atoms with Crippen LogP contribution in [0.15, 0.2) is 8.83 Å². The number of aromatic nitrogens is 4. The molecule has 0 aliphatic rings. The first kappa shape index (κ1) is 14.2. The molecule has 22 heavy (non-hydrogen) atoms. The van der Waals surface area contributed by atoms with Gasteiger partial charge in [0.05, 0.1) is 0 Å². The van der Waals surface area contributed by atoms with Gasteiger partial charge in [-0.05, 0) is 0 Å². The van der Waals surface area contributed by atoms with E-state index in [0.717, 1.165) is 0 Å². The van der Waals surface area contributed by atoms with E-state index in [-0.39, 0.29) is 11.8 Å². The van der Waals surface area contributed by atoms with Crippen LogP contribution in [0.5, 0.6) is 0 Å². The number of benzene rings is 1. The lowest BCUT2D eigenvalue weighted by Crippen LogP contribution is -2.04. The Labute approximate surface area is 119 Å². The van der Waals surface area contributed by atoms with Gasteiger partial charge in [-0.3, -0.25) is 0 Å². The average Bonchev–Trinajstić information content (AvgIpc) is 3.07. The molecular formula is C12H6F4N4O2. The number of aryl methyl sites for hydroxylation is 2. The van der Waals surface area contributed by atoms with E-state index < -0.39 is 46.2 Å². The monoisotopic (exact) mass is 314 g/mol. The first-order valence-corrected chi connectivity index (χ1v) is 5.87. The van der Waals surface area contributed by atoms with Crippen LogP contribution in [0, 0.1) is 37.1 Å². The van der Waals surface area contributed by atoms with Gasteiger partial charge in [-0.1, -0.05) is 0 Å². The second-order valence-electron chi connectivity index (χ2n) is 4.26. The molecule has 0 fully saturated rings. The Balaban J connectivity index is 2.29. The Morgan fingerprint density at radius 1 is 0.591 bits per heavy atom. The first-order valence-electron chi connectivity index (χ1n) is 5.87. The van der Waals surface area contributed by atoms with Gasteiger partial charge in [-0.2, -0.15) is 0 Å². The Morgan fingerprint density at radius 3 is 1.14 bits per heavy atom. The minimum absolute atomic E-state index is 0.0220. The summed E-state index contributed by atoms with van der Waals surface area (Å²) in [5, 5.41) is 13.4. The van der Waals surface area contributed by atoms with E-state index in [4.69, 9.17) is 8.83 Å². The van der Waals surface area contributed by atoms with Gasteiger partial charge < -0.3 is 8.83 Å². The summed E-state index contributed by atoms with van der Waals surface area (Å²) in [6.07, 6.45) is 0. The highest BCUT2D eigenvalue weighted by molar-refractivity contribution is 5.64. The number of nitrogens with zero attached hydrogens (tertiary/aromatic N) is 4. The molecule has 0 spiro atoms. The van der Waals surface area contributed by atoms with Crippen LogP contribution in [0.4, 0.5) is 17.6 Å². The van der Waals surface area contributed by atoms with E-state index in [1.54, 1.807) is 0 Å². The zero-order valence-corrected chi connectivity index (χ0v) is 11.1. The van der Waals surface area contributed by atoms with Gasteiger partial charge in [0, 0.05) is 13.8 Å². The van der Waals surface area contributed by atoms with Crippen molar-refractivity contribution in [2.75, 3.05) is 0 Å². The number of halogens is 4. The highest BCUT2D eigenvalue weighted by Gasteiger charge is 2.31. The zero-order valence-electron chi connectivity index (χ0n) is 11.1. The van der Waals surface area contributed by atoms with Crippen molar-refractivity contribution >= 4 is 0 Å². The van der Waals surface area contributed by atoms with E-state index in [0.29, 0.717) is 0 Å². The number of rotatable bonds is 2. The number of hydrogen-bond donors (Lipinski definition) is 0. The van der Waals surface area contributed by atoms with Crippen molar-refractivity contribution in [2.45, 2.75) is 13.8 Å². The van der Waals surface area contributed by atoms with Crippen LogP contribution in [0.25, 0.3) is 22.9 Å². The molecule has 6 nitrogen and oxygen atoms in total. The van der Waals surface area contributed by atoms with Crippen molar-refractivity contribution in [1.29, 1.82) is 0 Å². The molecule has 3 rings (SSSR count). The molecule has 0 radical (unpaired) electrons. The zero-order chi connectivity index (χ0) is 16.0. The van der Waals surface area contributed by atoms with Crippen molar-refractivity contribution in [3.8, 4) is 22.9 Å². The summed E-state index contributed by atoms with van der Waals surface area (Å²) in [6.45, 7) is 2.71. The summed E-state index contributed by atoms with van der Waals surface area (Å²) >= 11 is 0. The molecule has 0 amide bonds. The van der Waals surface area contributed by atoms with Crippen LogP contribution >= 0.6 is 0 Å². The number of hydrogen-bond acceptors (Lipinski definition) is 6. The second kappa shape index (κ2) is 4.90. The maximum Gasteiger partial charge on any atom is 0.253 e. The third kappa shape index (κ3) is 2.03. The van der Waals surface area contributed by atoms with Crippen LogP contribution in [-0.2, 0) is 0 Å². The minimum atomic E-state index is -1.70. The van der Waals surface area contributed by atoms with E-state index in [9.17, 15) is 17.6 Å². The lowest BCUT2D eigenvalue weighted by Gasteiger charge is -2.07. The van der Waals surface area contributed by atoms with Crippen LogP contribution in [-0.4, -0.2) is 20.4 Å². The Morgan fingerprint density at radius 2 is 0.909 bits per heavy atom. The lowest BCUT2D eigenvalue weighted by molar-refractivity contribution is 0.443. The molecule has 0 bridgehead atoms. The molecule has 0 unspecified atom stereocenters. The third-order valence-electron chi connectivity index (χ3n) is 2.74. The molecule has 1 aromatic carbocycles. The largest absolute Gasteiger partial charge is 0.421 e. The molecule has 0 atom stereocenters. The average molecular weight is 314 g/mol. The third-order valence-corrected chi connectivity index (χ3v) is 2.74. The van der Waals surface area contributed by atoms with E-state index in [2.05, 4.69) is 20.4 Å². The van der Waals surface area contributed by atoms with E-state index in [1.165, 1.54) is 13.8 Å². The summed E-state index contributed by atoms with van der Waals surface area (Å²) in [7, 11) is 0. The van der Waals surface area contributed by atoms with Gasteiger partial charge in [0.2, 0.25) is 11.8 Å². The summed E-state index contributed by atoms with van der Waals surface area (Å²) in [4.78, 5) is 0. The van der Waals surface area contributed by atoms with Crippen molar-refractivity contribution in [2.24, 2.45) is 0 Å². The highest BCUT2D eigenvalue weighted by atomic mass is 19.2. The quantitative estimate of drug-likeness (QED) is 0.534. The van der Waals surface area contributed by atoms with Gasteiger partial charge in [0.15, 0.2) is 23.3 Å². The normalized spacial score (nSPS) is 11.2. The summed E-state index contributed by atoms with van der Waals surface area (Å²) in [6, 6.07) is 0. The second-order valence-corrected chi connectivity index (χ2v) is 4.26. The highest BCUT2D eigenvalue weighted by Crippen LogP contribution is 2.35. The molecule has 3 aromatic rings. The Kier molecular flexibility index (Phi) is 3.15. The Hall–Kier alpha value is -2.78. The van der Waals surface area contributed by atoms with E-state index >= 15 is 0 Å². The fourth-order valence-electron chi connectivity index (χ4n) is 1.80. The maximum absolute atomic E-state index is 14.1. The predicted molar refractivity (Wildman–Crippen MR) is 62.3 cm³/mol. The van der Waals surface area contributed by atoms with Crippen molar-refractivity contribution in [3.05, 3.63) is 35.1 Å². The molecular weight excluding hydrogens is 308 g/mol. The molecule has 114 valence electrons.